The van der Waals surface area contributed by atoms with E-state index in [1.165, 1.54) is 25.7 Å². The molecule has 3 heterocycles. The quantitative estimate of drug-likeness (QED) is 0.677. The van der Waals surface area contributed by atoms with Gasteiger partial charge in [-0.05, 0) is 49.9 Å². The molecule has 0 amide bonds. The predicted molar refractivity (Wildman–Crippen MR) is 110 cm³/mol. The average molecular weight is 409 g/mol. The van der Waals surface area contributed by atoms with Crippen molar-refractivity contribution in [3.8, 4) is 0 Å². The molecule has 0 aromatic carbocycles. The third-order valence-electron chi connectivity index (χ3n) is 6.70. The van der Waals surface area contributed by atoms with Crippen LogP contribution in [0.5, 0.6) is 0 Å². The lowest BCUT2D eigenvalue weighted by atomic mass is 9.90. The Morgan fingerprint density at radius 2 is 1.96 bits per heavy atom. The first-order chi connectivity index (χ1) is 13.6. The highest BCUT2D eigenvalue weighted by molar-refractivity contribution is 6.30. The number of nitrogens with zero attached hydrogens (tertiary/aromatic N) is 4. The maximum Gasteiger partial charge on any atom is 0.225 e. The van der Waals surface area contributed by atoms with Gasteiger partial charge >= 0.3 is 0 Å². The van der Waals surface area contributed by atoms with Gasteiger partial charge in [-0.25, -0.2) is 9.97 Å². The van der Waals surface area contributed by atoms with Crippen molar-refractivity contribution in [3.05, 3.63) is 17.4 Å². The van der Waals surface area contributed by atoms with Gasteiger partial charge < -0.3 is 14.7 Å². The molecular weight excluding hydrogens is 376 g/mol. The molecule has 1 aromatic rings. The fraction of sp³-hybridized carbons (Fsp3) is 0.810. The van der Waals surface area contributed by atoms with Gasteiger partial charge in [0.1, 0.15) is 6.23 Å². The molecule has 6 nitrogen and oxygen atoms in total. The summed E-state index contributed by atoms with van der Waals surface area (Å²) in [6.45, 7) is 6.86. The molecule has 1 aliphatic carbocycles. The second-order valence-corrected chi connectivity index (χ2v) is 9.13. The van der Waals surface area contributed by atoms with Gasteiger partial charge in [-0.15, -0.1) is 0 Å². The number of rotatable bonds is 9. The number of hydrogen-bond acceptors (Lipinski definition) is 6. The molecule has 156 valence electrons. The van der Waals surface area contributed by atoms with Crippen molar-refractivity contribution in [3.63, 3.8) is 0 Å². The van der Waals surface area contributed by atoms with Crippen LogP contribution in [-0.2, 0) is 4.74 Å². The Kier molecular flexibility index (Phi) is 6.71. The number of likely N-dealkylation sites (tertiary alicyclic amines) is 1. The first-order valence-corrected chi connectivity index (χ1v) is 11.3. The maximum absolute atomic E-state index is 9.95. The van der Waals surface area contributed by atoms with Crippen LogP contribution in [0.2, 0.25) is 5.02 Å². The predicted octanol–water partition coefficient (Wildman–Crippen LogP) is 3.19. The SMILES string of the molecule is CCCC(O)N1CC(OCCC2CC2C2CCN(c3ncc(Cl)cn3)CC2)C1. The number of hydrogen-bond donors (Lipinski definition) is 1. The van der Waals surface area contributed by atoms with Crippen molar-refractivity contribution >= 4 is 17.5 Å². The minimum atomic E-state index is -0.276. The first-order valence-electron chi connectivity index (χ1n) is 10.9. The van der Waals surface area contributed by atoms with Crippen LogP contribution >= 0.6 is 11.6 Å². The van der Waals surface area contributed by atoms with E-state index in [2.05, 4.69) is 26.7 Å². The summed E-state index contributed by atoms with van der Waals surface area (Å²) in [5.41, 5.74) is 0. The highest BCUT2D eigenvalue weighted by atomic mass is 35.5. The summed E-state index contributed by atoms with van der Waals surface area (Å²) in [5, 5.41) is 10.5. The fourth-order valence-electron chi connectivity index (χ4n) is 4.82. The molecule has 3 unspecified atom stereocenters. The molecule has 1 saturated carbocycles. The van der Waals surface area contributed by atoms with Gasteiger partial charge in [0.05, 0.1) is 23.5 Å². The number of piperidine rings is 1. The number of aliphatic hydroxyl groups excluding tert-OH is 1. The number of aliphatic hydroxyl groups is 1. The largest absolute Gasteiger partial charge is 0.378 e. The molecule has 2 aliphatic heterocycles. The third-order valence-corrected chi connectivity index (χ3v) is 6.89. The monoisotopic (exact) mass is 408 g/mol. The fourth-order valence-corrected chi connectivity index (χ4v) is 4.92. The highest BCUT2D eigenvalue weighted by Gasteiger charge is 2.43. The van der Waals surface area contributed by atoms with Crippen LogP contribution < -0.4 is 4.90 Å². The van der Waals surface area contributed by atoms with Crippen LogP contribution in [0.25, 0.3) is 0 Å². The van der Waals surface area contributed by atoms with Crippen molar-refractivity contribution in [2.45, 2.75) is 57.8 Å². The van der Waals surface area contributed by atoms with Crippen molar-refractivity contribution in [2.75, 3.05) is 37.7 Å². The zero-order chi connectivity index (χ0) is 19.5. The summed E-state index contributed by atoms with van der Waals surface area (Å²) in [7, 11) is 0. The Morgan fingerprint density at radius 3 is 2.64 bits per heavy atom. The van der Waals surface area contributed by atoms with E-state index < -0.39 is 0 Å². The Labute approximate surface area is 173 Å². The van der Waals surface area contributed by atoms with Crippen molar-refractivity contribution in [1.29, 1.82) is 0 Å². The van der Waals surface area contributed by atoms with E-state index in [0.717, 1.165) is 69.3 Å². The van der Waals surface area contributed by atoms with Crippen LogP contribution in [-0.4, -0.2) is 65.1 Å². The van der Waals surface area contributed by atoms with Gasteiger partial charge in [0.25, 0.3) is 0 Å². The third kappa shape index (κ3) is 4.96. The van der Waals surface area contributed by atoms with Crippen LogP contribution in [0.15, 0.2) is 12.4 Å². The summed E-state index contributed by atoms with van der Waals surface area (Å²) < 4.78 is 6.02. The number of aromatic nitrogens is 2. The summed E-state index contributed by atoms with van der Waals surface area (Å²) >= 11 is 5.88. The maximum atomic E-state index is 9.95. The average Bonchev–Trinajstić information content (AvgIpc) is 3.44. The highest BCUT2D eigenvalue weighted by Crippen LogP contribution is 2.49. The van der Waals surface area contributed by atoms with Gasteiger partial charge in [-0.2, -0.15) is 0 Å². The topological polar surface area (TPSA) is 61.7 Å². The molecule has 1 N–H and O–H groups in total. The standard InChI is InChI=1S/C21H33ClN4O2/c1-2-3-20(27)26-13-18(14-26)28-9-6-16-10-19(16)15-4-7-25(8-5-15)21-23-11-17(22)12-24-21/h11-12,15-16,18-20,27H,2-10,13-14H2,1H3. The lowest BCUT2D eigenvalue weighted by molar-refractivity contribution is -0.126. The van der Waals surface area contributed by atoms with Gasteiger partial charge in [0, 0.05) is 32.8 Å². The Bertz CT molecular complexity index is 617. The first kappa shape index (κ1) is 20.3. The van der Waals surface area contributed by atoms with Crippen LogP contribution in [0.3, 0.4) is 0 Å². The zero-order valence-corrected chi connectivity index (χ0v) is 17.6. The molecule has 1 aromatic heterocycles. The van der Waals surface area contributed by atoms with Crippen molar-refractivity contribution < 1.29 is 9.84 Å². The minimum absolute atomic E-state index is 0.276. The van der Waals surface area contributed by atoms with Gasteiger partial charge in [-0.1, -0.05) is 24.9 Å². The van der Waals surface area contributed by atoms with E-state index in [1.807, 2.05) is 0 Å². The molecule has 3 aliphatic rings. The molecule has 7 heteroatoms. The summed E-state index contributed by atoms with van der Waals surface area (Å²) in [5.74, 6) is 3.39. The van der Waals surface area contributed by atoms with Crippen molar-refractivity contribution in [2.24, 2.45) is 17.8 Å². The lowest BCUT2D eigenvalue weighted by Crippen LogP contribution is -2.56. The number of halogens is 1. The second-order valence-electron chi connectivity index (χ2n) is 8.69. The molecule has 28 heavy (non-hydrogen) atoms. The molecular formula is C21H33ClN4O2. The number of ether oxygens (including phenoxy) is 1. The Hall–Kier alpha value is -0.950. The summed E-state index contributed by atoms with van der Waals surface area (Å²) in [6, 6.07) is 0. The zero-order valence-electron chi connectivity index (χ0n) is 16.8. The minimum Gasteiger partial charge on any atom is -0.378 e. The second kappa shape index (κ2) is 9.24. The van der Waals surface area contributed by atoms with E-state index in [9.17, 15) is 5.11 Å². The smallest absolute Gasteiger partial charge is 0.225 e. The van der Waals surface area contributed by atoms with Gasteiger partial charge in [-0.3, -0.25) is 4.90 Å². The normalized spacial score (nSPS) is 27.6. The molecule has 0 spiro atoms. The van der Waals surface area contributed by atoms with Crippen LogP contribution in [0, 0.1) is 17.8 Å². The van der Waals surface area contributed by atoms with E-state index in [-0.39, 0.29) is 6.23 Å². The summed E-state index contributed by atoms with van der Waals surface area (Å²) in [4.78, 5) is 13.1. The Morgan fingerprint density at radius 1 is 1.25 bits per heavy atom. The Balaban J connectivity index is 1.09. The molecule has 0 radical (unpaired) electrons. The van der Waals surface area contributed by atoms with E-state index in [0.29, 0.717) is 11.1 Å². The number of anilines is 1. The summed E-state index contributed by atoms with van der Waals surface area (Å²) in [6.07, 6.45) is 10.3. The van der Waals surface area contributed by atoms with E-state index in [1.54, 1.807) is 12.4 Å². The lowest BCUT2D eigenvalue weighted by Gasteiger charge is -2.41. The molecule has 3 fully saturated rings. The molecule has 0 bridgehead atoms. The van der Waals surface area contributed by atoms with Crippen LogP contribution in [0.1, 0.15) is 45.4 Å². The molecule has 4 rings (SSSR count). The van der Waals surface area contributed by atoms with Gasteiger partial charge in [0.2, 0.25) is 5.95 Å². The molecule has 3 atom stereocenters. The van der Waals surface area contributed by atoms with E-state index >= 15 is 0 Å². The van der Waals surface area contributed by atoms with Crippen molar-refractivity contribution in [1.82, 2.24) is 14.9 Å². The van der Waals surface area contributed by atoms with Crippen LogP contribution in [0.4, 0.5) is 5.95 Å². The van der Waals surface area contributed by atoms with Gasteiger partial charge in [0.15, 0.2) is 0 Å². The molecule has 2 saturated heterocycles. The van der Waals surface area contributed by atoms with E-state index in [4.69, 9.17) is 16.3 Å².